The second-order valence-electron chi connectivity index (χ2n) is 2.77. The Balaban J connectivity index is 0. The summed E-state index contributed by atoms with van der Waals surface area (Å²) < 4.78 is 0. The van der Waals surface area contributed by atoms with E-state index in [1.165, 1.54) is 11.3 Å². The number of aryl methyl sites for hydroxylation is 2. The van der Waals surface area contributed by atoms with Crippen LogP contribution in [0.25, 0.3) is 0 Å². The molecule has 0 unspecified atom stereocenters. The third-order valence-corrected chi connectivity index (χ3v) is 1.91. The summed E-state index contributed by atoms with van der Waals surface area (Å²) in [5, 5.41) is 10.2. The summed E-state index contributed by atoms with van der Waals surface area (Å²) >= 11 is 0. The van der Waals surface area contributed by atoms with Crippen LogP contribution >= 0.6 is 24.8 Å². The highest BCUT2D eigenvalue weighted by Crippen LogP contribution is 2.08. The van der Waals surface area contributed by atoms with Crippen LogP contribution in [-0.2, 0) is 6.42 Å². The van der Waals surface area contributed by atoms with E-state index in [2.05, 4.69) is 22.4 Å². The van der Waals surface area contributed by atoms with Crippen molar-refractivity contribution in [2.45, 2.75) is 20.3 Å². The Kier molecular flexibility index (Phi) is 8.42. The number of aromatic nitrogens is 2. The van der Waals surface area contributed by atoms with Crippen molar-refractivity contribution in [2.75, 3.05) is 13.6 Å². The second-order valence-corrected chi connectivity index (χ2v) is 2.77. The number of hydrogen-bond donors (Lipinski definition) is 2. The molecule has 0 spiro atoms. The third kappa shape index (κ3) is 3.98. The van der Waals surface area contributed by atoms with Crippen molar-refractivity contribution < 1.29 is 0 Å². The zero-order chi connectivity index (χ0) is 8.27. The molecule has 0 fully saturated rings. The van der Waals surface area contributed by atoms with Crippen LogP contribution in [0.3, 0.4) is 0 Å². The number of H-pyrrole nitrogens is 1. The molecule has 0 amide bonds. The van der Waals surface area contributed by atoms with E-state index in [4.69, 9.17) is 0 Å². The molecule has 0 bridgehead atoms. The molecular formula is C8H17Cl2N3. The van der Waals surface area contributed by atoms with E-state index in [9.17, 15) is 0 Å². The Hall–Kier alpha value is -0.250. The Labute approximate surface area is 91.5 Å². The van der Waals surface area contributed by atoms with Crippen LogP contribution in [0.2, 0.25) is 0 Å². The topological polar surface area (TPSA) is 40.7 Å². The standard InChI is InChI=1S/C8H15N3.2ClH/c1-6-8(4-5-9-3)7(2)11-10-6;;/h9H,4-5H2,1-3H3,(H,10,11);2*1H. The third-order valence-electron chi connectivity index (χ3n) is 1.91. The summed E-state index contributed by atoms with van der Waals surface area (Å²) in [7, 11) is 1.96. The molecule has 0 saturated heterocycles. The molecule has 5 heteroatoms. The van der Waals surface area contributed by atoms with Gasteiger partial charge in [0.2, 0.25) is 0 Å². The van der Waals surface area contributed by atoms with Gasteiger partial charge in [0.25, 0.3) is 0 Å². The lowest BCUT2D eigenvalue weighted by molar-refractivity contribution is 0.786. The highest BCUT2D eigenvalue weighted by molar-refractivity contribution is 5.85. The predicted molar refractivity (Wildman–Crippen MR) is 60.2 cm³/mol. The molecule has 0 saturated carbocycles. The van der Waals surface area contributed by atoms with E-state index in [-0.39, 0.29) is 24.8 Å². The van der Waals surface area contributed by atoms with Gasteiger partial charge in [-0.1, -0.05) is 0 Å². The van der Waals surface area contributed by atoms with Gasteiger partial charge in [-0.2, -0.15) is 5.10 Å². The number of nitrogens with one attached hydrogen (secondary N) is 2. The molecule has 13 heavy (non-hydrogen) atoms. The second kappa shape index (κ2) is 7.18. The first kappa shape index (κ1) is 15.2. The molecular weight excluding hydrogens is 209 g/mol. The number of likely N-dealkylation sites (N-methyl/N-ethyl adjacent to an activating group) is 1. The van der Waals surface area contributed by atoms with Crippen molar-refractivity contribution in [1.29, 1.82) is 0 Å². The molecule has 0 aromatic carbocycles. The van der Waals surface area contributed by atoms with Gasteiger partial charge < -0.3 is 5.32 Å². The van der Waals surface area contributed by atoms with Gasteiger partial charge in [-0.05, 0) is 39.4 Å². The quantitative estimate of drug-likeness (QED) is 0.822. The van der Waals surface area contributed by atoms with Crippen molar-refractivity contribution in [3.8, 4) is 0 Å². The lowest BCUT2D eigenvalue weighted by Crippen LogP contribution is -2.11. The number of nitrogens with zero attached hydrogens (tertiary/aromatic N) is 1. The first-order valence-electron chi connectivity index (χ1n) is 3.90. The van der Waals surface area contributed by atoms with Crippen LogP contribution in [-0.4, -0.2) is 23.8 Å². The molecule has 1 heterocycles. The normalized spacial score (nSPS) is 8.85. The number of rotatable bonds is 3. The maximum Gasteiger partial charge on any atom is 0.0626 e. The average Bonchev–Trinajstić information content (AvgIpc) is 2.29. The zero-order valence-electron chi connectivity index (χ0n) is 8.18. The van der Waals surface area contributed by atoms with Gasteiger partial charge in [0.15, 0.2) is 0 Å². The molecule has 1 aromatic rings. The van der Waals surface area contributed by atoms with Gasteiger partial charge in [-0.15, -0.1) is 24.8 Å². The van der Waals surface area contributed by atoms with E-state index in [0.717, 1.165) is 18.7 Å². The maximum atomic E-state index is 4.12. The fraction of sp³-hybridized carbons (Fsp3) is 0.625. The van der Waals surface area contributed by atoms with Crippen molar-refractivity contribution in [3.05, 3.63) is 17.0 Å². The minimum atomic E-state index is 0. The molecule has 0 aliphatic rings. The lowest BCUT2D eigenvalue weighted by Gasteiger charge is -1.98. The molecule has 1 aromatic heterocycles. The number of halogens is 2. The summed E-state index contributed by atoms with van der Waals surface area (Å²) in [5.41, 5.74) is 3.66. The highest BCUT2D eigenvalue weighted by atomic mass is 35.5. The predicted octanol–water partition coefficient (Wildman–Crippen LogP) is 1.63. The fourth-order valence-electron chi connectivity index (χ4n) is 1.19. The monoisotopic (exact) mass is 225 g/mol. The first-order valence-corrected chi connectivity index (χ1v) is 3.90. The summed E-state index contributed by atoms with van der Waals surface area (Å²) in [5.74, 6) is 0. The van der Waals surface area contributed by atoms with Crippen molar-refractivity contribution in [3.63, 3.8) is 0 Å². The molecule has 78 valence electrons. The Morgan fingerprint density at radius 2 is 1.92 bits per heavy atom. The van der Waals surface area contributed by atoms with Crippen LogP contribution in [0.4, 0.5) is 0 Å². The van der Waals surface area contributed by atoms with Crippen LogP contribution in [0, 0.1) is 13.8 Å². The summed E-state index contributed by atoms with van der Waals surface area (Å²) in [6.07, 6.45) is 1.06. The molecule has 1 rings (SSSR count). The largest absolute Gasteiger partial charge is 0.319 e. The van der Waals surface area contributed by atoms with Crippen molar-refractivity contribution in [1.82, 2.24) is 15.5 Å². The van der Waals surface area contributed by atoms with Gasteiger partial charge in [-0.3, -0.25) is 5.10 Å². The van der Waals surface area contributed by atoms with E-state index in [1.54, 1.807) is 0 Å². The number of hydrogen-bond acceptors (Lipinski definition) is 2. The maximum absolute atomic E-state index is 4.12. The molecule has 0 aliphatic heterocycles. The van der Waals surface area contributed by atoms with E-state index in [0.29, 0.717) is 0 Å². The van der Waals surface area contributed by atoms with Crippen molar-refractivity contribution >= 4 is 24.8 Å². The van der Waals surface area contributed by atoms with Gasteiger partial charge in [-0.25, -0.2) is 0 Å². The molecule has 0 aliphatic carbocycles. The Bertz CT molecular complexity index is 216. The zero-order valence-corrected chi connectivity index (χ0v) is 9.81. The lowest BCUT2D eigenvalue weighted by atomic mass is 10.1. The minimum absolute atomic E-state index is 0. The number of aromatic amines is 1. The molecule has 3 nitrogen and oxygen atoms in total. The van der Waals surface area contributed by atoms with Gasteiger partial charge in [0.1, 0.15) is 0 Å². The SMILES string of the molecule is CNCCc1c(C)n[nH]c1C.Cl.Cl. The van der Waals surface area contributed by atoms with E-state index in [1.807, 2.05) is 14.0 Å². The van der Waals surface area contributed by atoms with Gasteiger partial charge in [0.05, 0.1) is 5.69 Å². The Morgan fingerprint density at radius 1 is 1.31 bits per heavy atom. The van der Waals surface area contributed by atoms with Gasteiger partial charge in [0, 0.05) is 5.69 Å². The van der Waals surface area contributed by atoms with Crippen LogP contribution in [0.5, 0.6) is 0 Å². The summed E-state index contributed by atoms with van der Waals surface area (Å²) in [4.78, 5) is 0. The van der Waals surface area contributed by atoms with E-state index < -0.39 is 0 Å². The molecule has 0 radical (unpaired) electrons. The van der Waals surface area contributed by atoms with E-state index >= 15 is 0 Å². The fourth-order valence-corrected chi connectivity index (χ4v) is 1.19. The highest BCUT2D eigenvalue weighted by Gasteiger charge is 2.03. The molecule has 2 N–H and O–H groups in total. The average molecular weight is 226 g/mol. The van der Waals surface area contributed by atoms with Crippen molar-refractivity contribution in [2.24, 2.45) is 0 Å². The summed E-state index contributed by atoms with van der Waals surface area (Å²) in [6.45, 7) is 5.11. The van der Waals surface area contributed by atoms with Gasteiger partial charge >= 0.3 is 0 Å². The Morgan fingerprint density at radius 3 is 2.31 bits per heavy atom. The van der Waals surface area contributed by atoms with Crippen LogP contribution < -0.4 is 5.32 Å². The summed E-state index contributed by atoms with van der Waals surface area (Å²) in [6, 6.07) is 0. The molecule has 0 atom stereocenters. The smallest absolute Gasteiger partial charge is 0.0626 e. The minimum Gasteiger partial charge on any atom is -0.319 e. The van der Waals surface area contributed by atoms with Crippen LogP contribution in [0.1, 0.15) is 17.0 Å². The first-order chi connectivity index (χ1) is 5.25. The van der Waals surface area contributed by atoms with Crippen LogP contribution in [0.15, 0.2) is 0 Å².